The number of carbonyl (C=O) groups excluding carboxylic acids is 2. The third-order valence-electron chi connectivity index (χ3n) is 3.81. The van der Waals surface area contributed by atoms with Crippen LogP contribution in [0.3, 0.4) is 0 Å². The minimum absolute atomic E-state index is 0.0641. The second-order valence-electron chi connectivity index (χ2n) is 5.56. The lowest BCUT2D eigenvalue weighted by Gasteiger charge is -2.08. The molecule has 10 heteroatoms. The predicted octanol–water partition coefficient (Wildman–Crippen LogP) is 3.48. The number of rotatable bonds is 4. The molecule has 1 aliphatic heterocycles. The Bertz CT molecular complexity index is 1140. The Morgan fingerprint density at radius 2 is 2.14 bits per heavy atom. The Hall–Kier alpha value is -2.88. The van der Waals surface area contributed by atoms with Gasteiger partial charge >= 0.3 is 0 Å². The van der Waals surface area contributed by atoms with Crippen molar-refractivity contribution in [3.63, 3.8) is 0 Å². The van der Waals surface area contributed by atoms with Gasteiger partial charge in [-0.25, -0.2) is 9.88 Å². The number of aromatic nitrogens is 1. The molecule has 2 aromatic heterocycles. The molecule has 1 aliphatic rings. The standard InChI is InChI=1S/C18H10ClN3O4S2/c19-12-3-1-9(7-11(12)16(24)25)13-4-2-10(26-13)8-14-15(23)22(17(20)28-14)18-21-5-6-27-18/h1-8,20H,(H,24,25)/p-1. The van der Waals surface area contributed by atoms with Crippen LogP contribution in [0.1, 0.15) is 16.1 Å². The maximum absolute atomic E-state index is 12.6. The van der Waals surface area contributed by atoms with E-state index in [1.165, 1.54) is 34.4 Å². The van der Waals surface area contributed by atoms with Gasteiger partial charge < -0.3 is 14.3 Å². The predicted molar refractivity (Wildman–Crippen MR) is 106 cm³/mol. The SMILES string of the molecule is N=C1SC(=Cc2ccc(-c3ccc(Cl)c(C(=O)[O-])c3)o2)C(=O)N1c1nccs1. The van der Waals surface area contributed by atoms with Crippen LogP contribution in [0.25, 0.3) is 17.4 Å². The molecular formula is C18H9ClN3O4S2-. The van der Waals surface area contributed by atoms with E-state index in [0.29, 0.717) is 27.1 Å². The molecule has 1 amide bonds. The summed E-state index contributed by atoms with van der Waals surface area (Å²) in [7, 11) is 0. The van der Waals surface area contributed by atoms with Gasteiger partial charge in [0.15, 0.2) is 10.3 Å². The molecular weight excluding hydrogens is 422 g/mol. The molecule has 28 heavy (non-hydrogen) atoms. The van der Waals surface area contributed by atoms with Gasteiger partial charge in [-0.15, -0.1) is 11.3 Å². The molecule has 0 radical (unpaired) electrons. The number of anilines is 1. The molecule has 0 atom stereocenters. The van der Waals surface area contributed by atoms with E-state index in [1.807, 2.05) is 0 Å². The number of furan rings is 1. The molecule has 0 saturated carbocycles. The van der Waals surface area contributed by atoms with Gasteiger partial charge in [0.05, 0.1) is 10.9 Å². The molecule has 1 aromatic carbocycles. The molecule has 0 unspecified atom stereocenters. The highest BCUT2D eigenvalue weighted by Crippen LogP contribution is 2.36. The van der Waals surface area contributed by atoms with E-state index in [9.17, 15) is 14.7 Å². The Morgan fingerprint density at radius 1 is 1.32 bits per heavy atom. The van der Waals surface area contributed by atoms with Crippen molar-refractivity contribution in [2.45, 2.75) is 0 Å². The van der Waals surface area contributed by atoms with Crippen LogP contribution in [0.15, 0.2) is 51.2 Å². The molecule has 4 rings (SSSR count). The van der Waals surface area contributed by atoms with Crippen LogP contribution in [0, 0.1) is 5.41 Å². The first-order chi connectivity index (χ1) is 13.4. The summed E-state index contributed by atoms with van der Waals surface area (Å²) in [5, 5.41) is 21.5. The number of carboxylic acid groups (broad SMARTS) is 1. The van der Waals surface area contributed by atoms with Crippen LogP contribution in [0.2, 0.25) is 5.02 Å². The summed E-state index contributed by atoms with van der Waals surface area (Å²) in [6, 6.07) is 7.75. The van der Waals surface area contributed by atoms with Crippen LogP contribution in [0.4, 0.5) is 5.13 Å². The number of thioether (sulfide) groups is 1. The molecule has 0 spiro atoms. The van der Waals surface area contributed by atoms with E-state index in [4.69, 9.17) is 21.4 Å². The number of thiazole rings is 1. The third kappa shape index (κ3) is 3.35. The van der Waals surface area contributed by atoms with Crippen molar-refractivity contribution in [2.75, 3.05) is 4.90 Å². The van der Waals surface area contributed by atoms with Crippen molar-refractivity contribution < 1.29 is 19.1 Å². The number of hydrogen-bond donors (Lipinski definition) is 1. The molecule has 0 bridgehead atoms. The number of hydrogen-bond acceptors (Lipinski definition) is 8. The summed E-state index contributed by atoms with van der Waals surface area (Å²) >= 11 is 8.13. The number of amidine groups is 1. The number of nitrogens with one attached hydrogen (secondary N) is 1. The number of halogens is 1. The highest BCUT2D eigenvalue weighted by Gasteiger charge is 2.35. The van der Waals surface area contributed by atoms with Gasteiger partial charge in [-0.2, -0.15) is 0 Å². The highest BCUT2D eigenvalue weighted by atomic mass is 35.5. The highest BCUT2D eigenvalue weighted by molar-refractivity contribution is 8.19. The van der Waals surface area contributed by atoms with Crippen molar-refractivity contribution in [3.8, 4) is 11.3 Å². The second-order valence-corrected chi connectivity index (χ2v) is 7.87. The fourth-order valence-corrected chi connectivity index (χ4v) is 4.26. The van der Waals surface area contributed by atoms with E-state index in [0.717, 1.165) is 11.8 Å². The molecule has 3 heterocycles. The van der Waals surface area contributed by atoms with E-state index in [-0.39, 0.29) is 21.7 Å². The minimum atomic E-state index is -1.38. The molecule has 1 N–H and O–H groups in total. The Labute approximate surface area is 171 Å². The summed E-state index contributed by atoms with van der Waals surface area (Å²) in [6.45, 7) is 0. The smallest absolute Gasteiger partial charge is 0.273 e. The van der Waals surface area contributed by atoms with Crippen LogP contribution in [-0.4, -0.2) is 22.0 Å². The maximum atomic E-state index is 12.6. The van der Waals surface area contributed by atoms with Crippen LogP contribution >= 0.6 is 34.7 Å². The fraction of sp³-hybridized carbons (Fsp3) is 0. The largest absolute Gasteiger partial charge is 0.545 e. The first-order valence-corrected chi connectivity index (χ1v) is 9.84. The van der Waals surface area contributed by atoms with Crippen molar-refractivity contribution in [1.29, 1.82) is 5.41 Å². The van der Waals surface area contributed by atoms with Crippen molar-refractivity contribution in [3.05, 3.63) is 63.2 Å². The molecule has 3 aromatic rings. The fourth-order valence-electron chi connectivity index (χ4n) is 2.54. The monoisotopic (exact) mass is 430 g/mol. The lowest BCUT2D eigenvalue weighted by molar-refractivity contribution is -0.255. The number of aromatic carboxylic acids is 1. The zero-order valence-corrected chi connectivity index (χ0v) is 16.2. The first kappa shape index (κ1) is 18.5. The summed E-state index contributed by atoms with van der Waals surface area (Å²) in [6.07, 6.45) is 3.10. The number of benzene rings is 1. The van der Waals surface area contributed by atoms with Gasteiger partial charge in [0.25, 0.3) is 5.91 Å². The average Bonchev–Trinajstić information content (AvgIpc) is 3.38. The number of nitrogens with zero attached hydrogens (tertiary/aromatic N) is 2. The quantitative estimate of drug-likeness (QED) is 0.634. The topological polar surface area (TPSA) is 110 Å². The van der Waals surface area contributed by atoms with Gasteiger partial charge in [0.2, 0.25) is 0 Å². The zero-order valence-electron chi connectivity index (χ0n) is 13.8. The van der Waals surface area contributed by atoms with Gasteiger partial charge in [0.1, 0.15) is 11.5 Å². The second kappa shape index (κ2) is 7.27. The summed E-state index contributed by atoms with van der Waals surface area (Å²) < 4.78 is 5.72. The van der Waals surface area contributed by atoms with Gasteiger partial charge in [0, 0.05) is 33.8 Å². The van der Waals surface area contributed by atoms with E-state index in [1.54, 1.807) is 29.8 Å². The summed E-state index contributed by atoms with van der Waals surface area (Å²) in [4.78, 5) is 29.3. The zero-order chi connectivity index (χ0) is 19.8. The van der Waals surface area contributed by atoms with Gasteiger partial charge in [-0.05, 0) is 42.1 Å². The third-order valence-corrected chi connectivity index (χ3v) is 5.78. The Kier molecular flexibility index (Phi) is 4.80. The number of carboxylic acids is 1. The van der Waals surface area contributed by atoms with E-state index in [2.05, 4.69) is 4.98 Å². The molecule has 1 fully saturated rings. The summed E-state index contributed by atoms with van der Waals surface area (Å²) in [5.41, 5.74) is 0.375. The molecule has 7 nitrogen and oxygen atoms in total. The lowest BCUT2D eigenvalue weighted by Crippen LogP contribution is -2.27. The van der Waals surface area contributed by atoms with E-state index < -0.39 is 5.97 Å². The number of carbonyl (C=O) groups is 2. The Morgan fingerprint density at radius 3 is 2.86 bits per heavy atom. The molecule has 0 aliphatic carbocycles. The first-order valence-electron chi connectivity index (χ1n) is 7.77. The molecule has 1 saturated heterocycles. The van der Waals surface area contributed by atoms with Crippen LogP contribution in [0.5, 0.6) is 0 Å². The van der Waals surface area contributed by atoms with Gasteiger partial charge in [-0.1, -0.05) is 11.6 Å². The van der Waals surface area contributed by atoms with Crippen LogP contribution < -0.4 is 10.0 Å². The lowest BCUT2D eigenvalue weighted by atomic mass is 10.1. The minimum Gasteiger partial charge on any atom is -0.545 e. The van der Waals surface area contributed by atoms with Crippen molar-refractivity contribution in [2.24, 2.45) is 0 Å². The van der Waals surface area contributed by atoms with Crippen molar-refractivity contribution >= 4 is 63.0 Å². The molecule has 140 valence electrons. The van der Waals surface area contributed by atoms with Gasteiger partial charge in [-0.3, -0.25) is 10.2 Å². The van der Waals surface area contributed by atoms with Crippen molar-refractivity contribution in [1.82, 2.24) is 4.98 Å². The normalized spacial score (nSPS) is 15.6. The van der Waals surface area contributed by atoms with E-state index >= 15 is 0 Å². The number of amides is 1. The maximum Gasteiger partial charge on any atom is 0.273 e. The average molecular weight is 431 g/mol. The Balaban J connectivity index is 1.62. The summed E-state index contributed by atoms with van der Waals surface area (Å²) in [5.74, 6) is -0.930. The van der Waals surface area contributed by atoms with Crippen LogP contribution in [-0.2, 0) is 4.79 Å².